The third-order valence-corrected chi connectivity index (χ3v) is 7.92. The molecule has 1 aromatic carbocycles. The fourth-order valence-electron chi connectivity index (χ4n) is 3.95. The second-order valence-corrected chi connectivity index (χ2v) is 10.7. The number of nitrogens with zero attached hydrogens (tertiary/aromatic N) is 4. The Hall–Kier alpha value is -3.64. The molecule has 0 saturated carbocycles. The first-order chi connectivity index (χ1) is 17.1. The van der Waals surface area contributed by atoms with E-state index >= 15 is 0 Å². The number of aliphatic hydroxyl groups excluding tert-OH is 1. The van der Waals surface area contributed by atoms with Crippen LogP contribution in [0.1, 0.15) is 42.0 Å². The Balaban J connectivity index is 1.83. The van der Waals surface area contributed by atoms with Crippen molar-refractivity contribution in [2.75, 3.05) is 14.2 Å². The van der Waals surface area contributed by atoms with E-state index in [1.54, 1.807) is 51.1 Å². The highest BCUT2D eigenvalue weighted by atomic mass is 32.2. The summed E-state index contributed by atoms with van der Waals surface area (Å²) in [4.78, 5) is 4.13. The molecule has 0 aliphatic carbocycles. The number of para-hydroxylation sites is 1. The van der Waals surface area contributed by atoms with Crippen LogP contribution in [0.2, 0.25) is 0 Å². The van der Waals surface area contributed by atoms with Gasteiger partial charge in [0.05, 0.1) is 25.2 Å². The van der Waals surface area contributed by atoms with Crippen LogP contribution in [-0.4, -0.2) is 52.7 Å². The third-order valence-electron chi connectivity index (χ3n) is 5.87. The zero-order valence-corrected chi connectivity index (χ0v) is 21.7. The lowest BCUT2D eigenvalue weighted by atomic mass is 10.2. The van der Waals surface area contributed by atoms with Crippen LogP contribution in [0, 0.1) is 20.8 Å². The maximum Gasteiger partial charge on any atom is 0.204 e. The second kappa shape index (κ2) is 9.78. The van der Waals surface area contributed by atoms with Gasteiger partial charge in [-0.05, 0) is 45.0 Å². The highest BCUT2D eigenvalue weighted by molar-refractivity contribution is 7.91. The predicted molar refractivity (Wildman–Crippen MR) is 130 cm³/mol. The van der Waals surface area contributed by atoms with Gasteiger partial charge in [-0.1, -0.05) is 6.07 Å². The molecule has 4 aromatic rings. The van der Waals surface area contributed by atoms with Crippen molar-refractivity contribution in [2.45, 2.75) is 44.8 Å². The van der Waals surface area contributed by atoms with Crippen LogP contribution < -0.4 is 9.47 Å². The van der Waals surface area contributed by atoms with Gasteiger partial charge in [0.25, 0.3) is 0 Å². The molecule has 0 unspecified atom stereocenters. The molecule has 11 nitrogen and oxygen atoms in total. The summed E-state index contributed by atoms with van der Waals surface area (Å²) >= 11 is 0. The van der Waals surface area contributed by atoms with Crippen molar-refractivity contribution >= 4 is 9.84 Å². The topological polar surface area (TPSA) is 143 Å². The third kappa shape index (κ3) is 4.61. The quantitative estimate of drug-likeness (QED) is 0.351. The molecule has 2 atom stereocenters. The Morgan fingerprint density at radius 2 is 1.69 bits per heavy atom. The highest BCUT2D eigenvalue weighted by Gasteiger charge is 2.35. The molecule has 3 aromatic heterocycles. The first kappa shape index (κ1) is 25.5. The summed E-state index contributed by atoms with van der Waals surface area (Å²) in [6.45, 7) is 6.48. The van der Waals surface area contributed by atoms with Gasteiger partial charge in [-0.15, -0.1) is 10.2 Å². The lowest BCUT2D eigenvalue weighted by Gasteiger charge is -2.19. The molecular formula is C24H28N4O7S. The van der Waals surface area contributed by atoms with Crippen molar-refractivity contribution in [3.05, 3.63) is 59.3 Å². The van der Waals surface area contributed by atoms with Crippen LogP contribution in [0.3, 0.4) is 0 Å². The number of methoxy groups -OCH3 is 2. The number of benzene rings is 1. The van der Waals surface area contributed by atoms with Crippen LogP contribution in [0.4, 0.5) is 0 Å². The fraction of sp³-hybridized carbons (Fsp3) is 0.375. The molecule has 36 heavy (non-hydrogen) atoms. The fourth-order valence-corrected chi connectivity index (χ4v) is 5.28. The number of aromatic nitrogens is 4. The zero-order chi connectivity index (χ0) is 26.2. The highest BCUT2D eigenvalue weighted by Crippen LogP contribution is 2.37. The average Bonchev–Trinajstić information content (AvgIpc) is 3.55. The minimum Gasteiger partial charge on any atom is -0.494 e. The molecule has 4 rings (SSSR count). The molecule has 0 radical (unpaired) electrons. The van der Waals surface area contributed by atoms with Crippen LogP contribution in [0.5, 0.6) is 11.5 Å². The predicted octanol–water partition coefficient (Wildman–Crippen LogP) is 3.49. The van der Waals surface area contributed by atoms with Crippen molar-refractivity contribution < 1.29 is 31.8 Å². The Labute approximate surface area is 208 Å². The largest absolute Gasteiger partial charge is 0.494 e. The van der Waals surface area contributed by atoms with E-state index < -0.39 is 26.9 Å². The number of sulfone groups is 1. The lowest BCUT2D eigenvalue weighted by molar-refractivity contribution is 0.146. The number of oxazole rings is 1. The Bertz CT molecular complexity index is 1460. The van der Waals surface area contributed by atoms with Gasteiger partial charge < -0.3 is 23.4 Å². The summed E-state index contributed by atoms with van der Waals surface area (Å²) in [7, 11) is -0.983. The molecule has 3 heterocycles. The van der Waals surface area contributed by atoms with E-state index in [1.807, 2.05) is 0 Å². The van der Waals surface area contributed by atoms with Gasteiger partial charge in [0.2, 0.25) is 5.82 Å². The van der Waals surface area contributed by atoms with Gasteiger partial charge in [-0.2, -0.15) is 0 Å². The molecule has 12 heteroatoms. The van der Waals surface area contributed by atoms with Crippen LogP contribution in [0.15, 0.2) is 39.2 Å². The van der Waals surface area contributed by atoms with E-state index in [9.17, 15) is 13.5 Å². The van der Waals surface area contributed by atoms with Crippen molar-refractivity contribution in [3.63, 3.8) is 0 Å². The molecule has 192 valence electrons. The number of hydrogen-bond donors (Lipinski definition) is 1. The molecule has 0 aliphatic rings. The number of ether oxygens (including phenoxy) is 2. The van der Waals surface area contributed by atoms with E-state index in [0.29, 0.717) is 40.3 Å². The minimum absolute atomic E-state index is 0.0892. The van der Waals surface area contributed by atoms with Crippen molar-refractivity contribution in [1.82, 2.24) is 19.7 Å². The van der Waals surface area contributed by atoms with Gasteiger partial charge in [-0.25, -0.2) is 13.4 Å². The van der Waals surface area contributed by atoms with Gasteiger partial charge in [-0.3, -0.25) is 4.57 Å². The van der Waals surface area contributed by atoms with Crippen molar-refractivity contribution in [1.29, 1.82) is 0 Å². The van der Waals surface area contributed by atoms with E-state index in [-0.39, 0.29) is 17.4 Å². The monoisotopic (exact) mass is 516 g/mol. The minimum atomic E-state index is -3.97. The van der Waals surface area contributed by atoms with Crippen molar-refractivity contribution in [2.24, 2.45) is 0 Å². The Morgan fingerprint density at radius 1 is 1.03 bits per heavy atom. The first-order valence-corrected chi connectivity index (χ1v) is 12.8. The number of aryl methyl sites for hydroxylation is 3. The SMILES string of the molecule is COc1cccc(OC)c1-n1c(CS(=O)(=O)[C@H](C)[C@H](O)c2oc(C)nc2C)nnc1-c1ccc(C)o1. The second-order valence-electron chi connectivity index (χ2n) is 8.34. The van der Waals surface area contributed by atoms with E-state index in [1.165, 1.54) is 25.7 Å². The standard InChI is InChI=1S/C24H28N4O7S/c1-13-10-11-19(34-13)24-27-26-20(28(24)21-17(32-5)8-7-9-18(21)33-6)12-36(30,31)15(3)22(29)23-14(2)25-16(4)35-23/h7-11,15,22,29H,12H2,1-6H3/t15-,22+/m1/s1. The number of rotatable bonds is 9. The van der Waals surface area contributed by atoms with E-state index in [4.69, 9.17) is 18.3 Å². The van der Waals surface area contributed by atoms with Crippen LogP contribution >= 0.6 is 0 Å². The molecule has 0 amide bonds. The first-order valence-electron chi connectivity index (χ1n) is 11.1. The summed E-state index contributed by atoms with van der Waals surface area (Å²) < 4.78 is 50.8. The summed E-state index contributed by atoms with van der Waals surface area (Å²) in [5.41, 5.74) is 0.844. The molecule has 0 aliphatic heterocycles. The van der Waals surface area contributed by atoms with Crippen molar-refractivity contribution in [3.8, 4) is 28.8 Å². The number of hydrogen-bond acceptors (Lipinski definition) is 10. The number of aliphatic hydroxyl groups is 1. The Morgan fingerprint density at radius 3 is 2.22 bits per heavy atom. The maximum atomic E-state index is 13.5. The summed E-state index contributed by atoms with van der Waals surface area (Å²) in [6, 6.07) is 8.67. The van der Waals surface area contributed by atoms with Crippen LogP contribution in [-0.2, 0) is 15.6 Å². The smallest absolute Gasteiger partial charge is 0.204 e. The van der Waals surface area contributed by atoms with Gasteiger partial charge in [0, 0.05) is 6.92 Å². The van der Waals surface area contributed by atoms with E-state index in [0.717, 1.165) is 0 Å². The average molecular weight is 517 g/mol. The van der Waals surface area contributed by atoms with E-state index in [2.05, 4.69) is 15.2 Å². The maximum absolute atomic E-state index is 13.5. The summed E-state index contributed by atoms with van der Waals surface area (Å²) in [6.07, 6.45) is -1.42. The summed E-state index contributed by atoms with van der Waals surface area (Å²) in [5.74, 6) is 2.14. The normalized spacial score (nSPS) is 13.5. The Kier molecular flexibility index (Phi) is 6.92. The summed E-state index contributed by atoms with van der Waals surface area (Å²) in [5, 5.41) is 18.0. The molecule has 0 spiro atoms. The van der Waals surface area contributed by atoms with Gasteiger partial charge in [0.1, 0.15) is 34.8 Å². The molecular weight excluding hydrogens is 488 g/mol. The van der Waals surface area contributed by atoms with Crippen LogP contribution in [0.25, 0.3) is 17.3 Å². The zero-order valence-electron chi connectivity index (χ0n) is 20.8. The number of furan rings is 1. The molecule has 0 bridgehead atoms. The molecule has 1 N–H and O–H groups in total. The molecule has 0 saturated heterocycles. The van der Waals surface area contributed by atoms with Gasteiger partial charge in [0.15, 0.2) is 33.1 Å². The van der Waals surface area contributed by atoms with Gasteiger partial charge >= 0.3 is 0 Å². The molecule has 0 fully saturated rings. The lowest BCUT2D eigenvalue weighted by Crippen LogP contribution is -2.28.